The third kappa shape index (κ3) is 4.75. The Labute approximate surface area is 250 Å². The summed E-state index contributed by atoms with van der Waals surface area (Å²) in [5.41, 5.74) is 0.926. The minimum Gasteiger partial charge on any atom is -0.508 e. The lowest BCUT2D eigenvalue weighted by Gasteiger charge is -2.50. The van der Waals surface area contributed by atoms with Crippen LogP contribution >= 0.6 is 11.6 Å². The zero-order valence-corrected chi connectivity index (χ0v) is 24.7. The number of rotatable bonds is 8. The van der Waals surface area contributed by atoms with Crippen LogP contribution < -0.4 is 15.0 Å². The molecule has 4 aliphatic rings. The predicted molar refractivity (Wildman–Crippen MR) is 166 cm³/mol. The van der Waals surface area contributed by atoms with Crippen LogP contribution in [0.15, 0.2) is 55.1 Å². The van der Waals surface area contributed by atoms with Crippen LogP contribution in [0.4, 0.5) is 10.2 Å². The highest BCUT2D eigenvalue weighted by Crippen LogP contribution is 2.47. The van der Waals surface area contributed by atoms with Crippen LogP contribution in [0.3, 0.4) is 0 Å². The molecule has 3 aliphatic heterocycles. The number of halogens is 2. The lowest BCUT2D eigenvalue weighted by atomic mass is 9.86. The topological polar surface area (TPSA) is 73.8 Å². The number of nitrogens with zero attached hydrogens (tertiary/aromatic N) is 4. The van der Waals surface area contributed by atoms with Gasteiger partial charge < -0.3 is 25.0 Å². The third-order valence-electron chi connectivity index (χ3n) is 9.07. The van der Waals surface area contributed by atoms with Crippen molar-refractivity contribution in [3.8, 4) is 22.9 Å². The molecule has 3 saturated heterocycles. The van der Waals surface area contributed by atoms with Gasteiger partial charge in [-0.05, 0) is 74.3 Å². The van der Waals surface area contributed by atoms with Gasteiger partial charge in [-0.2, -0.15) is 9.97 Å². The van der Waals surface area contributed by atoms with Crippen molar-refractivity contribution in [3.63, 3.8) is 0 Å². The van der Waals surface area contributed by atoms with Crippen LogP contribution in [0.2, 0.25) is 5.02 Å². The maximum absolute atomic E-state index is 16.8. The minimum atomic E-state index is -0.559. The molecule has 2 bridgehead atoms. The van der Waals surface area contributed by atoms with Crippen molar-refractivity contribution in [2.24, 2.45) is 5.41 Å². The molecule has 2 N–H and O–H groups in total. The maximum atomic E-state index is 16.8. The van der Waals surface area contributed by atoms with Gasteiger partial charge in [0, 0.05) is 47.6 Å². The molecule has 0 spiro atoms. The Hall–Kier alpha value is -3.46. The second kappa shape index (κ2) is 10.4. The van der Waals surface area contributed by atoms with Crippen molar-refractivity contribution in [2.45, 2.75) is 43.8 Å². The van der Waals surface area contributed by atoms with Gasteiger partial charge in [0.05, 0.1) is 11.6 Å². The van der Waals surface area contributed by atoms with Crippen LogP contribution in [0, 0.1) is 11.2 Å². The van der Waals surface area contributed by atoms with Gasteiger partial charge in [-0.15, -0.1) is 6.58 Å². The average molecular weight is 588 g/mol. The van der Waals surface area contributed by atoms with Crippen LogP contribution in [-0.4, -0.2) is 71.9 Å². The summed E-state index contributed by atoms with van der Waals surface area (Å²) in [6.45, 7) is 6.17. The summed E-state index contributed by atoms with van der Waals surface area (Å²) in [5.74, 6) is 0.106. The van der Waals surface area contributed by atoms with Crippen molar-refractivity contribution >= 4 is 39.1 Å². The molecule has 1 aromatic heterocycles. The SMILES string of the molecule is C=C[C@H]1N[C@H]2CC[C@@H]1N(c1nc(OCC3(CN(C)C)CC3)nc3c(F)c(-c4cc(O)cc5ccccc45)c(Cl)cc13)C2. The number of aromatic nitrogens is 2. The van der Waals surface area contributed by atoms with E-state index < -0.39 is 5.82 Å². The fourth-order valence-corrected chi connectivity index (χ4v) is 7.25. The van der Waals surface area contributed by atoms with Crippen LogP contribution in [0.1, 0.15) is 25.7 Å². The lowest BCUT2D eigenvalue weighted by molar-refractivity contribution is 0.183. The molecule has 0 radical (unpaired) electrons. The zero-order valence-electron chi connectivity index (χ0n) is 23.9. The Morgan fingerprint density at radius 3 is 2.74 bits per heavy atom. The number of benzene rings is 3. The summed E-state index contributed by atoms with van der Waals surface area (Å²) in [7, 11) is 4.12. The Kier molecular flexibility index (Phi) is 6.76. The molecule has 4 heterocycles. The molecule has 9 heteroatoms. The number of hydrogen-bond acceptors (Lipinski definition) is 7. The Morgan fingerprint density at radius 1 is 1.19 bits per heavy atom. The minimum absolute atomic E-state index is 0.0367. The van der Waals surface area contributed by atoms with Crippen molar-refractivity contribution < 1.29 is 14.2 Å². The number of hydrogen-bond donors (Lipinski definition) is 2. The van der Waals surface area contributed by atoms with E-state index in [0.717, 1.165) is 49.5 Å². The lowest BCUT2D eigenvalue weighted by Crippen LogP contribution is -2.66. The number of phenols is 1. The first-order valence-electron chi connectivity index (χ1n) is 14.6. The van der Waals surface area contributed by atoms with Gasteiger partial charge in [-0.1, -0.05) is 41.9 Å². The van der Waals surface area contributed by atoms with Gasteiger partial charge in [0.2, 0.25) is 0 Å². The normalized spacial score (nSPS) is 22.7. The van der Waals surface area contributed by atoms with Gasteiger partial charge in [0.15, 0.2) is 5.82 Å². The summed E-state index contributed by atoms with van der Waals surface area (Å²) >= 11 is 6.90. The third-order valence-corrected chi connectivity index (χ3v) is 9.37. The standard InChI is InChI=1S/C33H35ClFN5O2/c1-4-26-27-10-9-20(36-26)16-40(27)31-24-15-25(34)28(23-14-21(41)13-19-7-5-6-8-22(19)23)29(35)30(24)37-32(38-31)42-18-33(11-12-33)17-39(2)3/h4-8,13-15,20,26-27,36,41H,1,9-12,16-18H2,2-3H3/t20-,26+,27-/m0/s1. The van der Waals surface area contributed by atoms with Gasteiger partial charge in [0.25, 0.3) is 0 Å². The highest BCUT2D eigenvalue weighted by Gasteiger charge is 2.44. The molecule has 1 aliphatic carbocycles. The molecule has 7 nitrogen and oxygen atoms in total. The fraction of sp³-hybridized carbons (Fsp3) is 0.394. The van der Waals surface area contributed by atoms with E-state index >= 15 is 4.39 Å². The van der Waals surface area contributed by atoms with E-state index in [2.05, 4.69) is 40.8 Å². The Balaban J connectivity index is 1.40. The summed E-state index contributed by atoms with van der Waals surface area (Å²) < 4.78 is 23.1. The highest BCUT2D eigenvalue weighted by molar-refractivity contribution is 6.35. The van der Waals surface area contributed by atoms with Crippen LogP contribution in [-0.2, 0) is 0 Å². The van der Waals surface area contributed by atoms with Crippen molar-refractivity contribution in [2.75, 3.05) is 38.7 Å². The molecule has 3 atom stereocenters. The molecule has 42 heavy (non-hydrogen) atoms. The highest BCUT2D eigenvalue weighted by atomic mass is 35.5. The van der Waals surface area contributed by atoms with Crippen molar-refractivity contribution in [1.82, 2.24) is 20.2 Å². The quantitative estimate of drug-likeness (QED) is 0.239. The smallest absolute Gasteiger partial charge is 0.319 e. The van der Waals surface area contributed by atoms with E-state index in [1.807, 2.05) is 30.3 Å². The number of aromatic hydroxyl groups is 1. The van der Waals surface area contributed by atoms with E-state index in [1.54, 1.807) is 18.2 Å². The van der Waals surface area contributed by atoms with Crippen molar-refractivity contribution in [3.05, 3.63) is 66.0 Å². The number of nitrogens with one attached hydrogen (secondary N) is 1. The Morgan fingerprint density at radius 2 is 2.00 bits per heavy atom. The van der Waals surface area contributed by atoms with Gasteiger partial charge in [0.1, 0.15) is 17.1 Å². The molecular weight excluding hydrogens is 553 g/mol. The maximum Gasteiger partial charge on any atom is 0.319 e. The molecule has 0 amide bonds. The van der Waals surface area contributed by atoms with E-state index in [1.165, 1.54) is 0 Å². The average Bonchev–Trinajstić information content (AvgIpc) is 3.74. The largest absolute Gasteiger partial charge is 0.508 e. The summed E-state index contributed by atoms with van der Waals surface area (Å²) in [6, 6.07) is 13.2. The molecule has 4 aromatic rings. The van der Waals surface area contributed by atoms with Gasteiger partial charge in [-0.3, -0.25) is 0 Å². The van der Waals surface area contributed by atoms with E-state index in [-0.39, 0.29) is 51.4 Å². The second-order valence-corrected chi connectivity index (χ2v) is 12.8. The van der Waals surface area contributed by atoms with Crippen LogP contribution in [0.5, 0.6) is 11.8 Å². The van der Waals surface area contributed by atoms with Crippen molar-refractivity contribution in [1.29, 1.82) is 0 Å². The molecule has 3 aromatic carbocycles. The van der Waals surface area contributed by atoms with Gasteiger partial charge in [-0.25, -0.2) is 4.39 Å². The summed E-state index contributed by atoms with van der Waals surface area (Å²) in [4.78, 5) is 14.0. The van der Waals surface area contributed by atoms with E-state index in [9.17, 15) is 5.11 Å². The second-order valence-electron chi connectivity index (χ2n) is 12.4. The number of anilines is 1. The first kappa shape index (κ1) is 27.4. The van der Waals surface area contributed by atoms with Gasteiger partial charge >= 0.3 is 6.01 Å². The predicted octanol–water partition coefficient (Wildman–Crippen LogP) is 6.16. The number of piperazine rings is 1. The van der Waals surface area contributed by atoms with Crippen LogP contribution in [0.25, 0.3) is 32.8 Å². The van der Waals surface area contributed by atoms with E-state index in [0.29, 0.717) is 23.4 Å². The first-order chi connectivity index (χ1) is 20.2. The zero-order chi connectivity index (χ0) is 29.2. The molecule has 4 fully saturated rings. The molecule has 8 rings (SSSR count). The fourth-order valence-electron chi connectivity index (χ4n) is 6.96. The molecule has 0 unspecified atom stereocenters. The summed E-state index contributed by atoms with van der Waals surface area (Å²) in [6.07, 6.45) is 6.14. The monoisotopic (exact) mass is 587 g/mol. The first-order valence-corrected chi connectivity index (χ1v) is 15.0. The van der Waals surface area contributed by atoms with E-state index in [4.69, 9.17) is 21.3 Å². The number of phenolic OH excluding ortho intramolecular Hbond substituents is 1. The molecular formula is C33H35ClFN5O2. The summed E-state index contributed by atoms with van der Waals surface area (Å²) in [5, 5.41) is 16.5. The molecule has 218 valence electrons. The number of piperidine rings is 2. The number of fused-ring (bicyclic) bond motifs is 5. The Bertz CT molecular complexity index is 1710. The number of ether oxygens (including phenoxy) is 1. The molecule has 1 saturated carbocycles.